The molecule has 0 radical (unpaired) electrons. The first kappa shape index (κ1) is 23.0. The Morgan fingerprint density at radius 1 is 1.13 bits per heavy atom. The standard InChI is InChI=1S/C22H27FN2O5S/c1-2-20(30-21-8-4-3-7-19(21)23)22(26)24-13-16-29-17-9-11-18(12-10-17)31(27,28)25-14-5-6-15-25/h3-4,7-12,20H,2,5-6,13-16H2,1H3,(H,24,26)/t20-/m1/s1. The number of halogens is 1. The first-order valence-corrected chi connectivity index (χ1v) is 11.8. The van der Waals surface area contributed by atoms with E-state index in [1.807, 2.05) is 0 Å². The summed E-state index contributed by atoms with van der Waals surface area (Å²) in [5, 5.41) is 2.70. The van der Waals surface area contributed by atoms with E-state index < -0.39 is 21.9 Å². The van der Waals surface area contributed by atoms with Gasteiger partial charge in [-0.1, -0.05) is 19.1 Å². The van der Waals surface area contributed by atoms with Crippen LogP contribution in [0, 0.1) is 5.82 Å². The minimum absolute atomic E-state index is 0.0322. The fourth-order valence-electron chi connectivity index (χ4n) is 3.26. The Morgan fingerprint density at radius 3 is 2.45 bits per heavy atom. The largest absolute Gasteiger partial charge is 0.492 e. The van der Waals surface area contributed by atoms with Gasteiger partial charge in [-0.05, 0) is 55.7 Å². The third kappa shape index (κ3) is 5.95. The topological polar surface area (TPSA) is 84.9 Å². The molecule has 1 heterocycles. The van der Waals surface area contributed by atoms with Crippen LogP contribution >= 0.6 is 0 Å². The van der Waals surface area contributed by atoms with Crippen molar-refractivity contribution in [1.82, 2.24) is 9.62 Å². The van der Waals surface area contributed by atoms with Crippen LogP contribution in [0.5, 0.6) is 11.5 Å². The van der Waals surface area contributed by atoms with Crippen LogP contribution in [0.1, 0.15) is 26.2 Å². The summed E-state index contributed by atoms with van der Waals surface area (Å²) < 4.78 is 51.3. The number of amides is 1. The summed E-state index contributed by atoms with van der Waals surface area (Å²) in [6.45, 7) is 3.31. The molecule has 0 saturated carbocycles. The van der Waals surface area contributed by atoms with Gasteiger partial charge in [-0.3, -0.25) is 4.79 Å². The molecule has 1 amide bonds. The van der Waals surface area contributed by atoms with Gasteiger partial charge in [0.15, 0.2) is 17.7 Å². The molecule has 1 aliphatic heterocycles. The van der Waals surface area contributed by atoms with E-state index in [0.29, 0.717) is 25.3 Å². The van der Waals surface area contributed by atoms with Crippen molar-refractivity contribution < 1.29 is 27.1 Å². The molecule has 168 valence electrons. The first-order chi connectivity index (χ1) is 14.9. The van der Waals surface area contributed by atoms with E-state index in [9.17, 15) is 17.6 Å². The van der Waals surface area contributed by atoms with Gasteiger partial charge in [-0.2, -0.15) is 4.31 Å². The molecule has 1 fully saturated rings. The third-order valence-corrected chi connectivity index (χ3v) is 6.88. The number of rotatable bonds is 10. The smallest absolute Gasteiger partial charge is 0.261 e. The highest BCUT2D eigenvalue weighted by molar-refractivity contribution is 7.89. The Balaban J connectivity index is 1.45. The number of sulfonamides is 1. The number of carbonyl (C=O) groups is 1. The molecule has 9 heteroatoms. The van der Waals surface area contributed by atoms with E-state index in [0.717, 1.165) is 12.8 Å². The number of para-hydroxylation sites is 1. The van der Waals surface area contributed by atoms with Crippen molar-refractivity contribution in [2.45, 2.75) is 37.2 Å². The predicted molar refractivity (Wildman–Crippen MR) is 114 cm³/mol. The molecule has 31 heavy (non-hydrogen) atoms. The quantitative estimate of drug-likeness (QED) is 0.563. The number of carbonyl (C=O) groups excluding carboxylic acids is 1. The van der Waals surface area contributed by atoms with Crippen molar-refractivity contribution in [3.05, 3.63) is 54.3 Å². The zero-order chi connectivity index (χ0) is 22.3. The fourth-order valence-corrected chi connectivity index (χ4v) is 4.78. The number of benzene rings is 2. The lowest BCUT2D eigenvalue weighted by Crippen LogP contribution is -2.39. The van der Waals surface area contributed by atoms with Gasteiger partial charge >= 0.3 is 0 Å². The Labute approximate surface area is 182 Å². The van der Waals surface area contributed by atoms with E-state index in [1.165, 1.54) is 28.6 Å². The van der Waals surface area contributed by atoms with Gasteiger partial charge in [0.25, 0.3) is 5.91 Å². The fraction of sp³-hybridized carbons (Fsp3) is 0.409. The average Bonchev–Trinajstić information content (AvgIpc) is 3.32. The molecule has 0 unspecified atom stereocenters. The second-order valence-corrected chi connectivity index (χ2v) is 9.11. The number of nitrogens with zero attached hydrogens (tertiary/aromatic N) is 1. The molecule has 1 saturated heterocycles. The summed E-state index contributed by atoms with van der Waals surface area (Å²) in [5.74, 6) is -0.345. The average molecular weight is 451 g/mol. The maximum absolute atomic E-state index is 13.7. The zero-order valence-electron chi connectivity index (χ0n) is 17.4. The first-order valence-electron chi connectivity index (χ1n) is 10.3. The highest BCUT2D eigenvalue weighted by atomic mass is 32.2. The van der Waals surface area contributed by atoms with Crippen LogP contribution in [0.2, 0.25) is 0 Å². The van der Waals surface area contributed by atoms with Crippen LogP contribution in [-0.4, -0.2) is 51.0 Å². The van der Waals surface area contributed by atoms with Crippen molar-refractivity contribution in [3.8, 4) is 11.5 Å². The lowest BCUT2D eigenvalue weighted by atomic mass is 10.2. The van der Waals surface area contributed by atoms with Crippen molar-refractivity contribution in [1.29, 1.82) is 0 Å². The molecule has 3 rings (SSSR count). The van der Waals surface area contributed by atoms with E-state index >= 15 is 0 Å². The Bertz CT molecular complexity index is 976. The Morgan fingerprint density at radius 2 is 1.81 bits per heavy atom. The third-order valence-electron chi connectivity index (χ3n) is 4.97. The van der Waals surface area contributed by atoms with Crippen LogP contribution in [0.15, 0.2) is 53.4 Å². The molecular weight excluding hydrogens is 423 g/mol. The SMILES string of the molecule is CC[C@@H](Oc1ccccc1F)C(=O)NCCOc1ccc(S(=O)(=O)N2CCCC2)cc1. The van der Waals surface area contributed by atoms with Crippen molar-refractivity contribution in [2.75, 3.05) is 26.2 Å². The van der Waals surface area contributed by atoms with Crippen LogP contribution in [0.3, 0.4) is 0 Å². The lowest BCUT2D eigenvalue weighted by Gasteiger charge is -2.18. The van der Waals surface area contributed by atoms with Gasteiger partial charge in [0.1, 0.15) is 12.4 Å². The maximum Gasteiger partial charge on any atom is 0.261 e. The van der Waals surface area contributed by atoms with Gasteiger partial charge in [0.05, 0.1) is 11.4 Å². The van der Waals surface area contributed by atoms with E-state index in [-0.39, 0.29) is 29.7 Å². The van der Waals surface area contributed by atoms with Gasteiger partial charge in [0, 0.05) is 13.1 Å². The molecule has 0 bridgehead atoms. The van der Waals surface area contributed by atoms with Gasteiger partial charge in [0.2, 0.25) is 10.0 Å². The molecular formula is C22H27FN2O5S. The lowest BCUT2D eigenvalue weighted by molar-refractivity contribution is -0.128. The molecule has 2 aromatic rings. The minimum atomic E-state index is -3.45. The van der Waals surface area contributed by atoms with E-state index in [1.54, 1.807) is 31.2 Å². The second kappa shape index (κ2) is 10.6. The molecule has 0 aromatic heterocycles. The predicted octanol–water partition coefficient (Wildman–Crippen LogP) is 2.96. The van der Waals surface area contributed by atoms with E-state index in [2.05, 4.69) is 5.32 Å². The molecule has 1 atom stereocenters. The number of nitrogens with one attached hydrogen (secondary N) is 1. The Hall–Kier alpha value is -2.65. The summed E-state index contributed by atoms with van der Waals surface area (Å²) in [6, 6.07) is 12.2. The van der Waals surface area contributed by atoms with Crippen LogP contribution < -0.4 is 14.8 Å². The van der Waals surface area contributed by atoms with E-state index in [4.69, 9.17) is 9.47 Å². The normalized spacial score (nSPS) is 15.4. The van der Waals surface area contributed by atoms with Gasteiger partial charge in [-0.25, -0.2) is 12.8 Å². The van der Waals surface area contributed by atoms with Gasteiger partial charge in [-0.15, -0.1) is 0 Å². The van der Waals surface area contributed by atoms with Crippen LogP contribution in [0.25, 0.3) is 0 Å². The maximum atomic E-state index is 13.7. The zero-order valence-corrected chi connectivity index (χ0v) is 18.2. The molecule has 0 aliphatic carbocycles. The molecule has 7 nitrogen and oxygen atoms in total. The van der Waals surface area contributed by atoms with Crippen molar-refractivity contribution in [2.24, 2.45) is 0 Å². The Kier molecular flexibility index (Phi) is 7.86. The highest BCUT2D eigenvalue weighted by Crippen LogP contribution is 2.23. The molecule has 0 spiro atoms. The minimum Gasteiger partial charge on any atom is -0.492 e. The van der Waals surface area contributed by atoms with Crippen molar-refractivity contribution >= 4 is 15.9 Å². The molecule has 1 N–H and O–H groups in total. The van der Waals surface area contributed by atoms with Gasteiger partial charge < -0.3 is 14.8 Å². The summed E-state index contributed by atoms with van der Waals surface area (Å²) in [7, 11) is -3.45. The number of hydrogen-bond donors (Lipinski definition) is 1. The monoisotopic (exact) mass is 450 g/mol. The highest BCUT2D eigenvalue weighted by Gasteiger charge is 2.27. The second-order valence-electron chi connectivity index (χ2n) is 7.17. The molecule has 1 aliphatic rings. The van der Waals surface area contributed by atoms with Crippen LogP contribution in [0.4, 0.5) is 4.39 Å². The number of ether oxygens (including phenoxy) is 2. The summed E-state index contributed by atoms with van der Waals surface area (Å²) in [4.78, 5) is 12.5. The summed E-state index contributed by atoms with van der Waals surface area (Å²) in [5.41, 5.74) is 0. The summed E-state index contributed by atoms with van der Waals surface area (Å²) in [6.07, 6.45) is 1.34. The van der Waals surface area contributed by atoms with Crippen molar-refractivity contribution in [3.63, 3.8) is 0 Å². The molecule has 2 aromatic carbocycles. The summed E-state index contributed by atoms with van der Waals surface area (Å²) >= 11 is 0. The van der Waals surface area contributed by atoms with Crippen LogP contribution in [-0.2, 0) is 14.8 Å². The number of hydrogen-bond acceptors (Lipinski definition) is 5.